The number of methoxy groups -OCH3 is 1. The number of phenols is 1. The topological polar surface area (TPSA) is 165 Å². The van der Waals surface area contributed by atoms with E-state index in [9.17, 15) is 24.3 Å². The first kappa shape index (κ1) is 47.6. The SMILES string of the molecule is CCn1c(-c2cccnc2[C@H](C)OC)c(CC(C)(C)COC=O)c2cc(-c3cc(O)cc(C[C@H](NC(=O)C(C(C)C)N(C)C(=O)C45CCC(CO4)C5)C(=O)N4CCC[C@@H](C)N4)c3)ccc21. The molecular formula is C51H68N6O8. The lowest BCUT2D eigenvalue weighted by Gasteiger charge is -2.38. The van der Waals surface area contributed by atoms with Crippen molar-refractivity contribution in [2.45, 2.75) is 130 Å². The van der Waals surface area contributed by atoms with Gasteiger partial charge in [-0.05, 0) is 130 Å². The summed E-state index contributed by atoms with van der Waals surface area (Å²) in [5.41, 5.74) is 9.04. The Bertz CT molecular complexity index is 2380. The molecule has 0 radical (unpaired) electrons. The molecule has 4 aromatic rings. The molecule has 14 nitrogen and oxygen atoms in total. The van der Waals surface area contributed by atoms with Crippen molar-refractivity contribution < 1.29 is 38.5 Å². The number of nitrogens with one attached hydrogen (secondary N) is 2. The van der Waals surface area contributed by atoms with Crippen molar-refractivity contribution >= 4 is 35.1 Å². The predicted octanol–water partition coefficient (Wildman–Crippen LogP) is 7.14. The van der Waals surface area contributed by atoms with Crippen LogP contribution < -0.4 is 10.7 Å². The quantitative estimate of drug-likeness (QED) is 0.0876. The van der Waals surface area contributed by atoms with Gasteiger partial charge in [0.2, 0.25) is 5.91 Å². The summed E-state index contributed by atoms with van der Waals surface area (Å²) in [6.07, 6.45) is 6.12. The van der Waals surface area contributed by atoms with Gasteiger partial charge in [-0.1, -0.05) is 39.8 Å². The Labute approximate surface area is 383 Å². The van der Waals surface area contributed by atoms with E-state index in [1.165, 1.54) is 4.90 Å². The van der Waals surface area contributed by atoms with Crippen molar-refractivity contribution in [2.75, 3.05) is 33.9 Å². The highest BCUT2D eigenvalue weighted by Gasteiger charge is 2.54. The Morgan fingerprint density at radius 3 is 2.55 bits per heavy atom. The van der Waals surface area contributed by atoms with E-state index in [1.54, 1.807) is 37.5 Å². The van der Waals surface area contributed by atoms with E-state index < -0.39 is 29.0 Å². The predicted molar refractivity (Wildman–Crippen MR) is 249 cm³/mol. The molecule has 3 N–H and O–H groups in total. The number of likely N-dealkylation sites (N-methyl/N-ethyl adjacent to an activating group) is 1. The molecule has 4 heterocycles. The van der Waals surface area contributed by atoms with Gasteiger partial charge >= 0.3 is 0 Å². The molecule has 6 atom stereocenters. The van der Waals surface area contributed by atoms with Gasteiger partial charge in [-0.2, -0.15) is 0 Å². The van der Waals surface area contributed by atoms with Crippen LogP contribution in [-0.4, -0.2) is 106 Å². The van der Waals surface area contributed by atoms with Gasteiger partial charge in [-0.3, -0.25) is 29.2 Å². The minimum Gasteiger partial charge on any atom is -0.508 e. The van der Waals surface area contributed by atoms with E-state index in [0.717, 1.165) is 63.8 Å². The summed E-state index contributed by atoms with van der Waals surface area (Å²) in [7, 11) is 3.34. The summed E-state index contributed by atoms with van der Waals surface area (Å²) < 4.78 is 19.5. The lowest BCUT2D eigenvalue weighted by Crippen LogP contribution is -2.61. The lowest BCUT2D eigenvalue weighted by molar-refractivity contribution is -0.159. The Kier molecular flexibility index (Phi) is 14.4. The molecule has 65 heavy (non-hydrogen) atoms. The maximum atomic E-state index is 14.5. The van der Waals surface area contributed by atoms with E-state index in [4.69, 9.17) is 19.2 Å². The van der Waals surface area contributed by atoms with E-state index in [2.05, 4.69) is 54.3 Å². The third kappa shape index (κ3) is 9.95. The number of hydrogen-bond acceptors (Lipinski definition) is 10. The summed E-state index contributed by atoms with van der Waals surface area (Å²) >= 11 is 0. The fourth-order valence-electron chi connectivity index (χ4n) is 10.5. The first-order valence-corrected chi connectivity index (χ1v) is 23.3. The first-order chi connectivity index (χ1) is 31.0. The zero-order valence-electron chi connectivity index (χ0n) is 39.6. The molecule has 7 rings (SSSR count). The fourth-order valence-corrected chi connectivity index (χ4v) is 10.5. The molecule has 14 heteroatoms. The van der Waals surface area contributed by atoms with Gasteiger partial charge in [0.25, 0.3) is 18.3 Å². The molecule has 2 bridgehead atoms. The summed E-state index contributed by atoms with van der Waals surface area (Å²) in [5, 5.41) is 17.0. The van der Waals surface area contributed by atoms with Gasteiger partial charge in [0.1, 0.15) is 23.4 Å². The van der Waals surface area contributed by atoms with Crippen LogP contribution in [0.1, 0.15) is 103 Å². The van der Waals surface area contributed by atoms with Gasteiger partial charge in [0.05, 0.1) is 30.7 Å². The fraction of sp³-hybridized carbons (Fsp3) is 0.549. The Morgan fingerprint density at radius 2 is 1.91 bits per heavy atom. The van der Waals surface area contributed by atoms with Crippen molar-refractivity contribution in [3.63, 3.8) is 0 Å². The highest BCUT2D eigenvalue weighted by molar-refractivity contribution is 5.96. The van der Waals surface area contributed by atoms with E-state index in [0.29, 0.717) is 56.9 Å². The van der Waals surface area contributed by atoms with Crippen molar-refractivity contribution in [2.24, 2.45) is 17.3 Å². The molecule has 3 unspecified atom stereocenters. The Balaban J connectivity index is 1.27. The number of fused-ring (bicyclic) bond motifs is 3. The molecule has 3 aliphatic rings. The van der Waals surface area contributed by atoms with Gasteiger partial charge < -0.3 is 34.1 Å². The number of rotatable bonds is 18. The van der Waals surface area contributed by atoms with E-state index in [1.807, 2.05) is 45.9 Å². The van der Waals surface area contributed by atoms with Crippen LogP contribution in [0, 0.1) is 17.3 Å². The number of hydrazine groups is 1. The number of amides is 3. The second kappa shape index (κ2) is 19.7. The Morgan fingerprint density at radius 1 is 1.12 bits per heavy atom. The van der Waals surface area contributed by atoms with Crippen LogP contribution >= 0.6 is 0 Å². The van der Waals surface area contributed by atoms with Gasteiger partial charge in [-0.25, -0.2) is 5.43 Å². The number of aromatic hydroxyl groups is 1. The van der Waals surface area contributed by atoms with Crippen LogP contribution in [0.4, 0.5) is 0 Å². The highest BCUT2D eigenvalue weighted by atomic mass is 16.5. The average molecular weight is 893 g/mol. The first-order valence-electron chi connectivity index (χ1n) is 23.3. The van der Waals surface area contributed by atoms with Crippen LogP contribution in [0.2, 0.25) is 0 Å². The molecule has 2 aromatic heterocycles. The third-order valence-corrected chi connectivity index (χ3v) is 13.7. The van der Waals surface area contributed by atoms with E-state index in [-0.39, 0.29) is 48.7 Å². The molecule has 3 amide bonds. The normalized spacial score (nSPS) is 21.0. The number of ether oxygens (including phenoxy) is 3. The van der Waals surface area contributed by atoms with Crippen LogP contribution in [0.5, 0.6) is 5.75 Å². The molecule has 0 spiro atoms. The second-order valence-electron chi connectivity index (χ2n) is 19.7. The largest absolute Gasteiger partial charge is 0.508 e. The minimum absolute atomic E-state index is 0.0173. The van der Waals surface area contributed by atoms with Crippen LogP contribution in [0.3, 0.4) is 0 Å². The van der Waals surface area contributed by atoms with E-state index >= 15 is 0 Å². The maximum Gasteiger partial charge on any atom is 0.293 e. The zero-order chi connectivity index (χ0) is 46.8. The van der Waals surface area contributed by atoms with Gasteiger partial charge in [0, 0.05) is 67.8 Å². The summed E-state index contributed by atoms with van der Waals surface area (Å²) in [5.74, 6) is -0.782. The third-order valence-electron chi connectivity index (χ3n) is 13.7. The maximum absolute atomic E-state index is 14.5. The van der Waals surface area contributed by atoms with Gasteiger partial charge in [0.15, 0.2) is 0 Å². The lowest BCUT2D eigenvalue weighted by atomic mass is 9.84. The highest BCUT2D eigenvalue weighted by Crippen LogP contribution is 2.46. The van der Waals surface area contributed by atoms with Crippen molar-refractivity contribution in [3.05, 3.63) is 71.5 Å². The number of carbonyl (C=O) groups is 4. The number of nitrogens with zero attached hydrogens (tertiary/aromatic N) is 4. The number of phenolic OH excluding ortho intramolecular Hbond substituents is 1. The summed E-state index contributed by atoms with van der Waals surface area (Å²) in [4.78, 5) is 60.7. The molecule has 3 fully saturated rings. The zero-order valence-corrected chi connectivity index (χ0v) is 39.6. The number of pyridine rings is 1. The van der Waals surface area contributed by atoms with Gasteiger partial charge in [-0.15, -0.1) is 0 Å². The molecule has 1 aliphatic carbocycles. The summed E-state index contributed by atoms with van der Waals surface area (Å²) in [6, 6.07) is 13.8. The number of aryl methyl sites for hydroxylation is 1. The number of carbonyl (C=O) groups excluding carboxylic acids is 4. The second-order valence-corrected chi connectivity index (χ2v) is 19.7. The molecule has 2 saturated heterocycles. The van der Waals surface area contributed by atoms with Crippen molar-refractivity contribution in [3.8, 4) is 28.1 Å². The molecule has 2 aliphatic heterocycles. The minimum atomic E-state index is -1.01. The Hall–Kier alpha value is -5.31. The summed E-state index contributed by atoms with van der Waals surface area (Å²) in [6.45, 7) is 16.5. The number of hydrogen-bond donors (Lipinski definition) is 3. The number of benzene rings is 2. The monoisotopic (exact) mass is 893 g/mol. The molecule has 350 valence electrons. The van der Waals surface area contributed by atoms with Crippen LogP contribution in [0.15, 0.2) is 54.7 Å². The van der Waals surface area contributed by atoms with Crippen molar-refractivity contribution in [1.82, 2.24) is 30.2 Å². The standard InChI is InChI=1S/C51H68N6O8/c1-10-56-43-16-15-36(25-40(43)41(27-50(6,7)29-64-30-58)46(56)39-14-11-19-52-44(39)33(5)63-9)37-21-35(22-38(59)24-37)23-42(48(61)57-20-12-13-32(4)54-57)53-47(60)45(31(2)3)55(8)49(62)51-18-17-34(26-51)28-65-51/h11,14-16,19,21-22,24-25,30-34,42,45,54,59H,10,12-13,17-18,20,23,26-29H2,1-9H3,(H,53,60)/t32-,33+,34?,42+,45?,51?/m1/s1. The average Bonchev–Trinajstić information content (AvgIpc) is 3.99. The van der Waals surface area contributed by atoms with Crippen molar-refractivity contribution in [1.29, 1.82) is 0 Å². The van der Waals surface area contributed by atoms with Crippen LogP contribution in [0.25, 0.3) is 33.3 Å². The smallest absolute Gasteiger partial charge is 0.293 e. The molecule has 1 saturated carbocycles. The molecule has 2 aromatic carbocycles. The van der Waals surface area contributed by atoms with Crippen LogP contribution in [-0.2, 0) is 52.8 Å². The molecular weight excluding hydrogens is 825 g/mol. The number of aromatic nitrogens is 2.